The minimum absolute atomic E-state index is 0.271. The highest BCUT2D eigenvalue weighted by atomic mass is 16.6. The Morgan fingerprint density at radius 2 is 2.18 bits per heavy atom. The molecule has 0 rings (SSSR count). The fraction of sp³-hybridized carbons (Fsp3) is 0.857. The summed E-state index contributed by atoms with van der Waals surface area (Å²) < 4.78 is 0. The van der Waals surface area contributed by atoms with E-state index in [2.05, 4.69) is 10.3 Å². The zero-order valence-corrected chi connectivity index (χ0v) is 6.80. The molecule has 0 aliphatic heterocycles. The predicted molar refractivity (Wildman–Crippen MR) is 41.1 cm³/mol. The first-order valence-electron chi connectivity index (χ1n) is 3.75. The van der Waals surface area contributed by atoms with Crippen molar-refractivity contribution in [2.45, 2.75) is 25.7 Å². The Balaban J connectivity index is 2.85. The quantitative estimate of drug-likeness (QED) is 0.428. The zero-order chi connectivity index (χ0) is 8.53. The molecule has 0 unspecified atom stereocenters. The summed E-state index contributed by atoms with van der Waals surface area (Å²) in [5.41, 5.74) is 2.69. The van der Waals surface area contributed by atoms with Crippen LogP contribution in [0.3, 0.4) is 0 Å². The van der Waals surface area contributed by atoms with Crippen LogP contribution < -0.4 is 5.48 Å². The molecule has 0 aromatic heterocycles. The second-order valence-electron chi connectivity index (χ2n) is 2.30. The van der Waals surface area contributed by atoms with Crippen molar-refractivity contribution in [3.63, 3.8) is 0 Å². The maximum atomic E-state index is 10.0. The van der Waals surface area contributed by atoms with Crippen LogP contribution in [0.15, 0.2) is 0 Å². The number of hydroxylamine groups is 1. The van der Waals surface area contributed by atoms with Gasteiger partial charge in [0.05, 0.1) is 7.11 Å². The molecule has 0 amide bonds. The highest BCUT2D eigenvalue weighted by molar-refractivity contribution is 5.66. The molecule has 4 heteroatoms. The average molecular weight is 161 g/mol. The molecule has 0 aliphatic carbocycles. The van der Waals surface area contributed by atoms with Crippen molar-refractivity contribution >= 4 is 5.97 Å². The number of carboxylic acid groups (broad SMARTS) is 1. The van der Waals surface area contributed by atoms with Crippen molar-refractivity contribution in [3.05, 3.63) is 0 Å². The normalized spacial score (nSPS) is 9.91. The number of carboxylic acids is 1. The number of hydrogen-bond acceptors (Lipinski definition) is 3. The minimum Gasteiger partial charge on any atom is -0.481 e. The molecule has 0 fully saturated rings. The van der Waals surface area contributed by atoms with Crippen LogP contribution in [0, 0.1) is 0 Å². The number of unbranched alkanes of at least 4 members (excludes halogenated alkanes) is 2. The standard InChI is InChI=1S/C7H15NO3/c1-11-8-6-4-2-3-5-7(9)10/h8H,2-6H2,1H3,(H,9,10). The first-order valence-corrected chi connectivity index (χ1v) is 3.75. The van der Waals surface area contributed by atoms with Crippen molar-refractivity contribution < 1.29 is 14.7 Å². The monoisotopic (exact) mass is 161 g/mol. The maximum absolute atomic E-state index is 10.0. The molecule has 0 spiro atoms. The van der Waals surface area contributed by atoms with Gasteiger partial charge in [0.15, 0.2) is 0 Å². The third-order valence-electron chi connectivity index (χ3n) is 1.31. The molecule has 11 heavy (non-hydrogen) atoms. The average Bonchev–Trinajstić information content (AvgIpc) is 1.96. The summed E-state index contributed by atoms with van der Waals surface area (Å²) in [6.07, 6.45) is 2.91. The Morgan fingerprint density at radius 3 is 2.73 bits per heavy atom. The molecule has 0 aromatic carbocycles. The molecular formula is C7H15NO3. The lowest BCUT2D eigenvalue weighted by Crippen LogP contribution is -2.12. The molecule has 0 radical (unpaired) electrons. The fourth-order valence-corrected chi connectivity index (χ4v) is 0.752. The van der Waals surface area contributed by atoms with Gasteiger partial charge in [0.1, 0.15) is 0 Å². The van der Waals surface area contributed by atoms with Crippen LogP contribution in [0.2, 0.25) is 0 Å². The van der Waals surface area contributed by atoms with Gasteiger partial charge >= 0.3 is 5.97 Å². The van der Waals surface area contributed by atoms with E-state index in [0.717, 1.165) is 25.8 Å². The second kappa shape index (κ2) is 7.50. The maximum Gasteiger partial charge on any atom is 0.303 e. The molecule has 0 saturated carbocycles. The smallest absolute Gasteiger partial charge is 0.303 e. The van der Waals surface area contributed by atoms with E-state index in [9.17, 15) is 4.79 Å². The van der Waals surface area contributed by atoms with Crippen LogP contribution in [-0.2, 0) is 9.63 Å². The third kappa shape index (κ3) is 9.39. The van der Waals surface area contributed by atoms with Crippen LogP contribution in [0.25, 0.3) is 0 Å². The third-order valence-corrected chi connectivity index (χ3v) is 1.31. The van der Waals surface area contributed by atoms with E-state index < -0.39 is 5.97 Å². The van der Waals surface area contributed by atoms with Gasteiger partial charge in [-0.2, -0.15) is 0 Å². The highest BCUT2D eigenvalue weighted by Crippen LogP contribution is 1.97. The van der Waals surface area contributed by atoms with Crippen LogP contribution in [0.5, 0.6) is 0 Å². The Morgan fingerprint density at radius 1 is 1.45 bits per heavy atom. The first kappa shape index (κ1) is 10.4. The molecule has 0 saturated heterocycles. The van der Waals surface area contributed by atoms with E-state index in [1.165, 1.54) is 0 Å². The number of nitrogens with one attached hydrogen (secondary N) is 1. The summed E-state index contributed by atoms with van der Waals surface area (Å²) >= 11 is 0. The van der Waals surface area contributed by atoms with Gasteiger partial charge in [-0.25, -0.2) is 5.48 Å². The van der Waals surface area contributed by atoms with Gasteiger partial charge in [-0.05, 0) is 12.8 Å². The molecule has 4 nitrogen and oxygen atoms in total. The minimum atomic E-state index is -0.718. The number of hydrogen-bond donors (Lipinski definition) is 2. The second-order valence-corrected chi connectivity index (χ2v) is 2.30. The van der Waals surface area contributed by atoms with E-state index in [4.69, 9.17) is 5.11 Å². The van der Waals surface area contributed by atoms with Gasteiger partial charge < -0.3 is 9.94 Å². The zero-order valence-electron chi connectivity index (χ0n) is 6.80. The van der Waals surface area contributed by atoms with E-state index in [-0.39, 0.29) is 6.42 Å². The Kier molecular flexibility index (Phi) is 7.08. The van der Waals surface area contributed by atoms with Crippen LogP contribution >= 0.6 is 0 Å². The summed E-state index contributed by atoms with van der Waals surface area (Å²) in [6, 6.07) is 0. The Hall–Kier alpha value is -0.610. The van der Waals surface area contributed by atoms with Crippen molar-refractivity contribution in [1.82, 2.24) is 5.48 Å². The van der Waals surface area contributed by atoms with Crippen LogP contribution in [0.1, 0.15) is 25.7 Å². The molecule has 66 valence electrons. The van der Waals surface area contributed by atoms with Gasteiger partial charge in [-0.1, -0.05) is 6.42 Å². The number of aliphatic carboxylic acids is 1. The Bertz CT molecular complexity index is 106. The molecule has 0 aliphatic rings. The lowest BCUT2D eigenvalue weighted by Gasteiger charge is -1.99. The predicted octanol–water partition coefficient (Wildman–Crippen LogP) is 0.782. The van der Waals surface area contributed by atoms with E-state index >= 15 is 0 Å². The van der Waals surface area contributed by atoms with Crippen LogP contribution in [0.4, 0.5) is 0 Å². The number of rotatable bonds is 7. The van der Waals surface area contributed by atoms with Gasteiger partial charge in [0, 0.05) is 13.0 Å². The summed E-state index contributed by atoms with van der Waals surface area (Å²) in [5.74, 6) is -0.718. The molecule has 0 atom stereocenters. The summed E-state index contributed by atoms with van der Waals surface area (Å²) in [5, 5.41) is 8.28. The lowest BCUT2D eigenvalue weighted by molar-refractivity contribution is -0.137. The number of carbonyl (C=O) groups is 1. The molecule has 0 bridgehead atoms. The van der Waals surface area contributed by atoms with Crippen molar-refractivity contribution in [3.8, 4) is 0 Å². The van der Waals surface area contributed by atoms with E-state index in [1.54, 1.807) is 7.11 Å². The Labute approximate surface area is 66.5 Å². The van der Waals surface area contributed by atoms with E-state index in [1.807, 2.05) is 0 Å². The fourth-order valence-electron chi connectivity index (χ4n) is 0.752. The molecule has 0 heterocycles. The van der Waals surface area contributed by atoms with Crippen molar-refractivity contribution in [1.29, 1.82) is 0 Å². The van der Waals surface area contributed by atoms with Gasteiger partial charge in [-0.3, -0.25) is 4.79 Å². The lowest BCUT2D eigenvalue weighted by atomic mass is 10.2. The van der Waals surface area contributed by atoms with Gasteiger partial charge in [0.2, 0.25) is 0 Å². The SMILES string of the molecule is CONCCCCCC(=O)O. The molecular weight excluding hydrogens is 146 g/mol. The molecule has 2 N–H and O–H groups in total. The summed E-state index contributed by atoms with van der Waals surface area (Å²) in [7, 11) is 1.57. The topological polar surface area (TPSA) is 58.6 Å². The van der Waals surface area contributed by atoms with Gasteiger partial charge in [0.25, 0.3) is 0 Å². The summed E-state index contributed by atoms with van der Waals surface area (Å²) in [4.78, 5) is 14.7. The van der Waals surface area contributed by atoms with Gasteiger partial charge in [-0.15, -0.1) is 0 Å². The molecule has 0 aromatic rings. The van der Waals surface area contributed by atoms with E-state index in [0.29, 0.717) is 0 Å². The van der Waals surface area contributed by atoms with Crippen molar-refractivity contribution in [2.24, 2.45) is 0 Å². The summed E-state index contributed by atoms with van der Waals surface area (Å²) in [6.45, 7) is 0.788. The first-order chi connectivity index (χ1) is 5.27. The van der Waals surface area contributed by atoms with Crippen LogP contribution in [-0.4, -0.2) is 24.7 Å². The van der Waals surface area contributed by atoms with Crippen molar-refractivity contribution in [2.75, 3.05) is 13.7 Å². The highest BCUT2D eigenvalue weighted by Gasteiger charge is 1.95. The largest absolute Gasteiger partial charge is 0.481 e.